The number of carbonyl (C=O) groups excluding carboxylic acids is 1. The summed E-state index contributed by atoms with van der Waals surface area (Å²) in [5, 5.41) is 3.73. The molecule has 0 bridgehead atoms. The lowest BCUT2D eigenvalue weighted by atomic mass is 9.93. The third-order valence-electron chi connectivity index (χ3n) is 4.82. The largest absolute Gasteiger partial charge is 0.365 e. The second-order valence-electron chi connectivity index (χ2n) is 6.55. The molecule has 2 aliphatic heterocycles. The van der Waals surface area contributed by atoms with Crippen molar-refractivity contribution in [3.05, 3.63) is 29.4 Å². The number of likely N-dealkylation sites (tertiary alicyclic amines) is 1. The van der Waals surface area contributed by atoms with Crippen molar-refractivity contribution in [2.75, 3.05) is 13.1 Å². The predicted molar refractivity (Wildman–Crippen MR) is 83.0 cm³/mol. The first-order chi connectivity index (χ1) is 11.6. The van der Waals surface area contributed by atoms with Gasteiger partial charge in [-0.15, -0.1) is 0 Å². The lowest BCUT2D eigenvalue weighted by Gasteiger charge is -2.41. The molecule has 1 unspecified atom stereocenters. The number of fused-ring (bicyclic) bond motifs is 1. The highest BCUT2D eigenvalue weighted by Gasteiger charge is 2.36. The maximum Gasteiger partial charge on any atom is 0.252 e. The van der Waals surface area contributed by atoms with Crippen LogP contribution in [-0.2, 0) is 29.1 Å². The second kappa shape index (κ2) is 6.01. The molecule has 0 aromatic carbocycles. The zero-order valence-electron chi connectivity index (χ0n) is 13.9. The molecule has 1 fully saturated rings. The molecule has 4 rings (SSSR count). The molecule has 0 radical (unpaired) electrons. The average molecular weight is 331 g/mol. The fourth-order valence-electron chi connectivity index (χ4n) is 3.40. The van der Waals surface area contributed by atoms with Gasteiger partial charge in [-0.2, -0.15) is 4.98 Å². The van der Waals surface area contributed by atoms with E-state index in [0.717, 1.165) is 30.9 Å². The van der Waals surface area contributed by atoms with Gasteiger partial charge in [0.25, 0.3) is 5.89 Å². The monoisotopic (exact) mass is 331 g/mol. The van der Waals surface area contributed by atoms with Gasteiger partial charge in [-0.3, -0.25) is 4.79 Å². The van der Waals surface area contributed by atoms with Crippen LogP contribution in [0, 0.1) is 19.8 Å². The standard InChI is InChI=1S/C16H21N5O3/c1-10-18-15(24-19-10)9-23-14-7-20(8-14)16(22)12-3-4-21-11(2)17-6-13(21)5-12/h6,12,14H,3-5,7-9H2,1-2H3. The van der Waals surface area contributed by atoms with Gasteiger partial charge in [0.2, 0.25) is 5.91 Å². The van der Waals surface area contributed by atoms with Crippen LogP contribution >= 0.6 is 0 Å². The zero-order valence-corrected chi connectivity index (χ0v) is 13.9. The summed E-state index contributed by atoms with van der Waals surface area (Å²) >= 11 is 0. The Hall–Kier alpha value is -2.22. The molecular formula is C16H21N5O3. The molecule has 0 N–H and O–H groups in total. The summed E-state index contributed by atoms with van der Waals surface area (Å²) in [6, 6.07) is 0. The summed E-state index contributed by atoms with van der Waals surface area (Å²) in [5.74, 6) is 2.41. The average Bonchev–Trinajstić information content (AvgIpc) is 3.11. The number of ether oxygens (including phenoxy) is 1. The minimum absolute atomic E-state index is 0.0533. The number of nitrogens with zero attached hydrogens (tertiary/aromatic N) is 5. The van der Waals surface area contributed by atoms with Crippen molar-refractivity contribution in [3.63, 3.8) is 0 Å². The van der Waals surface area contributed by atoms with E-state index in [1.807, 2.05) is 18.0 Å². The maximum absolute atomic E-state index is 12.6. The van der Waals surface area contributed by atoms with E-state index in [0.29, 0.717) is 31.4 Å². The van der Waals surface area contributed by atoms with Crippen molar-refractivity contribution in [2.24, 2.45) is 5.92 Å². The van der Waals surface area contributed by atoms with Crippen LogP contribution < -0.4 is 0 Å². The highest BCUT2D eigenvalue weighted by molar-refractivity contribution is 5.80. The molecular weight excluding hydrogens is 310 g/mol. The highest BCUT2D eigenvalue weighted by atomic mass is 16.5. The SMILES string of the molecule is Cc1noc(COC2CN(C(=O)C3CCn4c(cnc4C)C3)C2)n1. The van der Waals surface area contributed by atoms with Crippen LogP contribution in [0.5, 0.6) is 0 Å². The summed E-state index contributed by atoms with van der Waals surface area (Å²) in [7, 11) is 0. The van der Waals surface area contributed by atoms with E-state index >= 15 is 0 Å². The third kappa shape index (κ3) is 2.82. The Morgan fingerprint density at radius 3 is 3.00 bits per heavy atom. The molecule has 1 amide bonds. The van der Waals surface area contributed by atoms with E-state index in [-0.39, 0.29) is 17.9 Å². The molecule has 8 heteroatoms. The Morgan fingerprint density at radius 1 is 1.42 bits per heavy atom. The Bertz CT molecular complexity index is 747. The molecule has 24 heavy (non-hydrogen) atoms. The van der Waals surface area contributed by atoms with Crippen molar-refractivity contribution >= 4 is 5.91 Å². The Morgan fingerprint density at radius 2 is 2.25 bits per heavy atom. The van der Waals surface area contributed by atoms with Crippen LogP contribution in [0.2, 0.25) is 0 Å². The summed E-state index contributed by atoms with van der Waals surface area (Å²) in [5.41, 5.74) is 1.16. The van der Waals surface area contributed by atoms with E-state index in [4.69, 9.17) is 9.26 Å². The van der Waals surface area contributed by atoms with Gasteiger partial charge in [0.15, 0.2) is 5.82 Å². The molecule has 8 nitrogen and oxygen atoms in total. The van der Waals surface area contributed by atoms with Gasteiger partial charge >= 0.3 is 0 Å². The second-order valence-corrected chi connectivity index (χ2v) is 6.55. The van der Waals surface area contributed by atoms with Crippen molar-refractivity contribution in [2.45, 2.75) is 45.9 Å². The fourth-order valence-corrected chi connectivity index (χ4v) is 3.40. The molecule has 4 heterocycles. The first-order valence-corrected chi connectivity index (χ1v) is 8.30. The number of aryl methyl sites for hydroxylation is 2. The number of carbonyl (C=O) groups is 1. The molecule has 0 aliphatic carbocycles. The van der Waals surface area contributed by atoms with Crippen LogP contribution in [-0.4, -0.2) is 49.7 Å². The topological polar surface area (TPSA) is 86.3 Å². The fraction of sp³-hybridized carbons (Fsp3) is 0.625. The van der Waals surface area contributed by atoms with Gasteiger partial charge in [0, 0.05) is 43.9 Å². The first-order valence-electron chi connectivity index (χ1n) is 8.30. The molecule has 2 aliphatic rings. The van der Waals surface area contributed by atoms with Crippen LogP contribution in [0.4, 0.5) is 0 Å². The Labute approximate surface area is 139 Å². The number of rotatable bonds is 4. The van der Waals surface area contributed by atoms with Gasteiger partial charge in [0.1, 0.15) is 12.4 Å². The summed E-state index contributed by atoms with van der Waals surface area (Å²) in [4.78, 5) is 22.9. The smallest absolute Gasteiger partial charge is 0.252 e. The molecule has 128 valence electrons. The minimum Gasteiger partial charge on any atom is -0.365 e. The minimum atomic E-state index is 0.0533. The van der Waals surface area contributed by atoms with E-state index in [9.17, 15) is 4.79 Å². The van der Waals surface area contributed by atoms with Crippen LogP contribution in [0.1, 0.15) is 29.7 Å². The summed E-state index contributed by atoms with van der Waals surface area (Å²) < 4.78 is 12.9. The van der Waals surface area contributed by atoms with Crippen LogP contribution in [0.15, 0.2) is 10.7 Å². The van der Waals surface area contributed by atoms with Crippen LogP contribution in [0.3, 0.4) is 0 Å². The molecule has 1 atom stereocenters. The predicted octanol–water partition coefficient (Wildman–Crippen LogP) is 0.873. The quantitative estimate of drug-likeness (QED) is 0.826. The van der Waals surface area contributed by atoms with Gasteiger partial charge in [-0.05, 0) is 20.3 Å². The van der Waals surface area contributed by atoms with Crippen molar-refractivity contribution in [3.8, 4) is 0 Å². The first kappa shape index (κ1) is 15.3. The normalized spacial score (nSPS) is 20.8. The van der Waals surface area contributed by atoms with E-state index in [1.54, 1.807) is 6.92 Å². The Kier molecular flexibility index (Phi) is 3.84. The Balaban J connectivity index is 1.26. The molecule has 1 saturated heterocycles. The number of hydrogen-bond donors (Lipinski definition) is 0. The summed E-state index contributed by atoms with van der Waals surface area (Å²) in [6.45, 7) is 6.24. The summed E-state index contributed by atoms with van der Waals surface area (Å²) in [6.07, 6.45) is 3.61. The zero-order chi connectivity index (χ0) is 16.7. The molecule has 2 aromatic rings. The molecule has 0 saturated carbocycles. The van der Waals surface area contributed by atoms with Crippen molar-refractivity contribution in [1.29, 1.82) is 0 Å². The molecule has 0 spiro atoms. The van der Waals surface area contributed by atoms with Crippen molar-refractivity contribution < 1.29 is 14.1 Å². The number of amides is 1. The number of hydrogen-bond acceptors (Lipinski definition) is 6. The van der Waals surface area contributed by atoms with Gasteiger partial charge in [-0.1, -0.05) is 5.16 Å². The number of imidazole rings is 1. The van der Waals surface area contributed by atoms with E-state index in [1.165, 1.54) is 0 Å². The van der Waals surface area contributed by atoms with Crippen molar-refractivity contribution in [1.82, 2.24) is 24.6 Å². The van der Waals surface area contributed by atoms with Gasteiger partial charge in [-0.25, -0.2) is 4.98 Å². The number of aromatic nitrogens is 4. The van der Waals surface area contributed by atoms with Crippen LogP contribution in [0.25, 0.3) is 0 Å². The molecule has 2 aromatic heterocycles. The highest BCUT2D eigenvalue weighted by Crippen LogP contribution is 2.26. The van der Waals surface area contributed by atoms with Gasteiger partial charge < -0.3 is 18.7 Å². The van der Waals surface area contributed by atoms with E-state index in [2.05, 4.69) is 19.7 Å². The lowest BCUT2D eigenvalue weighted by Crippen LogP contribution is -2.56. The van der Waals surface area contributed by atoms with Gasteiger partial charge in [0.05, 0.1) is 6.10 Å². The lowest BCUT2D eigenvalue weighted by molar-refractivity contribution is -0.151. The van der Waals surface area contributed by atoms with E-state index < -0.39 is 0 Å². The maximum atomic E-state index is 12.6. The third-order valence-corrected chi connectivity index (χ3v) is 4.82.